The lowest BCUT2D eigenvalue weighted by atomic mass is 10.1. The lowest BCUT2D eigenvalue weighted by Gasteiger charge is -2.32. The molecule has 1 fully saturated rings. The third-order valence-corrected chi connectivity index (χ3v) is 4.54. The number of fused-ring (bicyclic) bond motifs is 1. The van der Waals surface area contributed by atoms with Crippen LogP contribution in [0.15, 0.2) is 18.2 Å². The Morgan fingerprint density at radius 2 is 2.36 bits per heavy atom. The minimum absolute atomic E-state index is 0.157. The molecule has 1 aromatic carbocycles. The number of nitrogens with zero attached hydrogens (tertiary/aromatic N) is 3. The largest absolute Gasteiger partial charge is 0.477 e. The first kappa shape index (κ1) is 16.0. The van der Waals surface area contributed by atoms with Crippen LogP contribution in [0.5, 0.6) is 5.75 Å². The van der Waals surface area contributed by atoms with Gasteiger partial charge in [-0.3, -0.25) is 9.89 Å². The van der Waals surface area contributed by atoms with Crippen molar-refractivity contribution in [2.75, 3.05) is 19.7 Å². The molecule has 0 spiro atoms. The predicted molar refractivity (Wildman–Crippen MR) is 85.6 cm³/mol. The number of aromatic nitrogens is 3. The zero-order valence-electron chi connectivity index (χ0n) is 13.9. The highest BCUT2D eigenvalue weighted by atomic mass is 19.1. The average molecular weight is 346 g/mol. The van der Waals surface area contributed by atoms with Crippen LogP contribution in [0.1, 0.15) is 30.2 Å². The van der Waals surface area contributed by atoms with Crippen LogP contribution >= 0.6 is 0 Å². The van der Waals surface area contributed by atoms with Crippen molar-refractivity contribution in [3.63, 3.8) is 0 Å². The number of hydrogen-bond donors (Lipinski definition) is 1. The summed E-state index contributed by atoms with van der Waals surface area (Å²) in [5, 5.41) is 7.03. The molecule has 1 aromatic heterocycles. The van der Waals surface area contributed by atoms with Crippen molar-refractivity contribution in [1.82, 2.24) is 20.1 Å². The molecule has 0 bridgehead atoms. The second-order valence-corrected chi connectivity index (χ2v) is 6.18. The Morgan fingerprint density at radius 1 is 1.48 bits per heavy atom. The summed E-state index contributed by atoms with van der Waals surface area (Å²) >= 11 is 0. The fraction of sp³-hybridized carbons (Fsp3) is 0.471. The molecule has 0 saturated carbocycles. The van der Waals surface area contributed by atoms with Gasteiger partial charge in [0.2, 0.25) is 0 Å². The summed E-state index contributed by atoms with van der Waals surface area (Å²) in [5.41, 5.74) is 0.727. The van der Waals surface area contributed by atoms with Crippen molar-refractivity contribution in [1.29, 1.82) is 0 Å². The van der Waals surface area contributed by atoms with Crippen molar-refractivity contribution >= 4 is 5.91 Å². The lowest BCUT2D eigenvalue weighted by molar-refractivity contribution is -0.146. The second kappa shape index (κ2) is 6.44. The van der Waals surface area contributed by atoms with E-state index in [4.69, 9.17) is 9.47 Å². The van der Waals surface area contributed by atoms with Crippen LogP contribution in [0, 0.1) is 5.82 Å². The maximum atomic E-state index is 13.8. The van der Waals surface area contributed by atoms with E-state index in [1.165, 1.54) is 6.07 Å². The Bertz CT molecular complexity index is 794. The van der Waals surface area contributed by atoms with Gasteiger partial charge in [0.05, 0.1) is 13.2 Å². The number of ether oxygens (including phenoxy) is 2. The van der Waals surface area contributed by atoms with Gasteiger partial charge in [-0.1, -0.05) is 19.1 Å². The van der Waals surface area contributed by atoms with Gasteiger partial charge in [-0.05, 0) is 6.07 Å². The summed E-state index contributed by atoms with van der Waals surface area (Å²) in [6.45, 7) is 3.22. The van der Waals surface area contributed by atoms with Gasteiger partial charge in [0.25, 0.3) is 5.91 Å². The van der Waals surface area contributed by atoms with Crippen LogP contribution in [-0.4, -0.2) is 51.8 Å². The molecule has 2 aromatic rings. The minimum atomic E-state index is -0.691. The molecule has 7 nitrogen and oxygen atoms in total. The number of carbonyl (C=O) groups is 1. The van der Waals surface area contributed by atoms with E-state index in [0.717, 1.165) is 17.8 Å². The number of rotatable bonds is 3. The number of hydrogen-bond acceptors (Lipinski definition) is 5. The maximum absolute atomic E-state index is 13.8. The Hall–Kier alpha value is -2.48. The normalized spacial score (nSPS) is 22.6. The Morgan fingerprint density at radius 3 is 3.12 bits per heavy atom. The van der Waals surface area contributed by atoms with Crippen LogP contribution in [0.4, 0.5) is 4.39 Å². The van der Waals surface area contributed by atoms with Crippen LogP contribution in [0.2, 0.25) is 0 Å². The highest BCUT2D eigenvalue weighted by Gasteiger charge is 2.36. The SMILES string of the molecule is CCc1nc([C@@H]2CN(C(=O)[C@@H]3Cc4cccc(F)c4O3)CCO2)n[nH]1. The molecule has 0 radical (unpaired) electrons. The lowest BCUT2D eigenvalue weighted by Crippen LogP contribution is -2.48. The highest BCUT2D eigenvalue weighted by Crippen LogP contribution is 2.32. The maximum Gasteiger partial charge on any atom is 0.264 e. The standard InChI is InChI=1S/C17H19FN4O3/c1-2-14-19-16(21-20-14)13-9-22(6-7-24-13)17(23)12-8-10-4-3-5-11(18)15(10)25-12/h3-5,12-13H,2,6-9H2,1H3,(H,19,20,21)/t12-,13-/m0/s1. The van der Waals surface area contributed by atoms with Gasteiger partial charge in [-0.25, -0.2) is 9.37 Å². The van der Waals surface area contributed by atoms with Gasteiger partial charge in [0, 0.05) is 24.9 Å². The Balaban J connectivity index is 1.45. The molecule has 0 unspecified atom stereocenters. The van der Waals surface area contributed by atoms with Crippen LogP contribution in [-0.2, 0) is 22.4 Å². The summed E-state index contributed by atoms with van der Waals surface area (Å²) in [7, 11) is 0. The Labute approximate surface area is 144 Å². The number of H-pyrrole nitrogens is 1. The first-order valence-electron chi connectivity index (χ1n) is 8.41. The van der Waals surface area contributed by atoms with E-state index < -0.39 is 11.9 Å². The van der Waals surface area contributed by atoms with Crippen molar-refractivity contribution in [3.05, 3.63) is 41.2 Å². The van der Waals surface area contributed by atoms with Crippen LogP contribution in [0.3, 0.4) is 0 Å². The molecule has 3 heterocycles. The van der Waals surface area contributed by atoms with E-state index >= 15 is 0 Å². The zero-order valence-corrected chi connectivity index (χ0v) is 13.9. The monoisotopic (exact) mass is 346 g/mol. The van der Waals surface area contributed by atoms with Gasteiger partial charge in [0.15, 0.2) is 23.5 Å². The number of carbonyl (C=O) groups excluding carboxylic acids is 1. The van der Waals surface area contributed by atoms with Gasteiger partial charge in [-0.2, -0.15) is 5.10 Å². The van der Waals surface area contributed by atoms with Crippen molar-refractivity contribution in [2.45, 2.75) is 32.0 Å². The molecular formula is C17H19FN4O3. The van der Waals surface area contributed by atoms with Crippen molar-refractivity contribution in [2.24, 2.45) is 0 Å². The summed E-state index contributed by atoms with van der Waals surface area (Å²) < 4.78 is 25.1. The first-order chi connectivity index (χ1) is 12.2. The van der Waals surface area contributed by atoms with Gasteiger partial charge >= 0.3 is 0 Å². The summed E-state index contributed by atoms with van der Waals surface area (Å²) in [6.07, 6.45) is 0.0789. The third-order valence-electron chi connectivity index (χ3n) is 4.54. The number of para-hydroxylation sites is 1. The zero-order chi connectivity index (χ0) is 17.4. The molecule has 1 N–H and O–H groups in total. The predicted octanol–water partition coefficient (Wildman–Crippen LogP) is 1.41. The third kappa shape index (κ3) is 2.97. The van der Waals surface area contributed by atoms with E-state index in [-0.39, 0.29) is 17.8 Å². The number of aryl methyl sites for hydroxylation is 1. The highest BCUT2D eigenvalue weighted by molar-refractivity contribution is 5.82. The molecule has 2 aliphatic heterocycles. The first-order valence-corrected chi connectivity index (χ1v) is 8.41. The number of benzene rings is 1. The second-order valence-electron chi connectivity index (χ2n) is 6.18. The summed E-state index contributed by atoms with van der Waals surface area (Å²) in [5.74, 6) is 0.936. The number of amides is 1. The van der Waals surface area contributed by atoms with E-state index in [2.05, 4.69) is 15.2 Å². The fourth-order valence-corrected chi connectivity index (χ4v) is 3.19. The smallest absolute Gasteiger partial charge is 0.264 e. The summed E-state index contributed by atoms with van der Waals surface area (Å²) in [6, 6.07) is 4.75. The molecule has 132 valence electrons. The van der Waals surface area contributed by atoms with E-state index in [1.54, 1.807) is 17.0 Å². The van der Waals surface area contributed by atoms with Gasteiger partial charge in [-0.15, -0.1) is 0 Å². The molecule has 8 heteroatoms. The number of halogens is 1. The quantitative estimate of drug-likeness (QED) is 0.909. The van der Waals surface area contributed by atoms with Crippen molar-refractivity contribution in [3.8, 4) is 5.75 Å². The molecule has 1 saturated heterocycles. The summed E-state index contributed by atoms with van der Waals surface area (Å²) in [4.78, 5) is 18.9. The van der Waals surface area contributed by atoms with E-state index in [0.29, 0.717) is 31.9 Å². The fourth-order valence-electron chi connectivity index (χ4n) is 3.19. The van der Waals surface area contributed by atoms with E-state index in [9.17, 15) is 9.18 Å². The number of morpholine rings is 1. The molecular weight excluding hydrogens is 327 g/mol. The number of aromatic amines is 1. The molecule has 4 rings (SSSR count). The van der Waals surface area contributed by atoms with Gasteiger partial charge in [0.1, 0.15) is 11.9 Å². The van der Waals surface area contributed by atoms with E-state index in [1.807, 2.05) is 6.92 Å². The molecule has 1 amide bonds. The van der Waals surface area contributed by atoms with Gasteiger partial charge < -0.3 is 14.4 Å². The molecule has 25 heavy (non-hydrogen) atoms. The topological polar surface area (TPSA) is 80.3 Å². The average Bonchev–Trinajstić information content (AvgIpc) is 3.29. The Kier molecular flexibility index (Phi) is 4.12. The molecule has 0 aliphatic carbocycles. The molecule has 2 aliphatic rings. The minimum Gasteiger partial charge on any atom is -0.477 e. The number of nitrogens with one attached hydrogen (secondary N) is 1. The molecule has 2 atom stereocenters. The van der Waals surface area contributed by atoms with Crippen LogP contribution in [0.25, 0.3) is 0 Å². The van der Waals surface area contributed by atoms with Crippen molar-refractivity contribution < 1.29 is 18.7 Å². The van der Waals surface area contributed by atoms with Crippen LogP contribution < -0.4 is 4.74 Å².